The van der Waals surface area contributed by atoms with E-state index in [1.165, 1.54) is 12.7 Å². The molecule has 21 heavy (non-hydrogen) atoms. The van der Waals surface area contributed by atoms with Crippen LogP contribution in [0.5, 0.6) is 0 Å². The number of nitrogens with one attached hydrogen (secondary N) is 1. The molecule has 106 valence electrons. The zero-order valence-electron chi connectivity index (χ0n) is 11.5. The van der Waals surface area contributed by atoms with Crippen LogP contribution >= 0.6 is 0 Å². The third kappa shape index (κ3) is 1.99. The van der Waals surface area contributed by atoms with Crippen molar-refractivity contribution in [3.05, 3.63) is 35.6 Å². The lowest BCUT2D eigenvalue weighted by Gasteiger charge is -2.23. The van der Waals surface area contributed by atoms with Crippen molar-refractivity contribution in [2.75, 3.05) is 19.6 Å². The largest absolute Gasteiger partial charge is 0.463 e. The van der Waals surface area contributed by atoms with Crippen molar-refractivity contribution < 1.29 is 9.21 Å². The normalized spacial score (nSPS) is 26.9. The summed E-state index contributed by atoms with van der Waals surface area (Å²) in [4.78, 5) is 14.8. The summed E-state index contributed by atoms with van der Waals surface area (Å²) < 4.78 is 5.34. The van der Waals surface area contributed by atoms with Crippen molar-refractivity contribution in [3.8, 4) is 6.07 Å². The highest BCUT2D eigenvalue weighted by atomic mass is 16.3. The van der Waals surface area contributed by atoms with Gasteiger partial charge in [-0.25, -0.2) is 0 Å². The molecule has 0 radical (unpaired) electrons. The van der Waals surface area contributed by atoms with Gasteiger partial charge in [-0.2, -0.15) is 5.26 Å². The summed E-state index contributed by atoms with van der Waals surface area (Å²) in [5, 5.41) is 12.8. The van der Waals surface area contributed by atoms with Crippen LogP contribution in [0.15, 0.2) is 28.9 Å². The quantitative estimate of drug-likeness (QED) is 0.910. The van der Waals surface area contributed by atoms with Crippen molar-refractivity contribution in [1.29, 1.82) is 5.26 Å². The molecule has 2 saturated heterocycles. The van der Waals surface area contributed by atoms with Crippen LogP contribution in [0.3, 0.4) is 0 Å². The minimum absolute atomic E-state index is 0.0643. The number of carbonyl (C=O) groups is 1. The SMILES string of the molecule is N#Cc1coc2cc(C(=O)NC3CN4CC[C@@H]3C4)ccc12. The van der Waals surface area contributed by atoms with E-state index in [1.807, 2.05) is 0 Å². The van der Waals surface area contributed by atoms with E-state index in [0.29, 0.717) is 22.6 Å². The van der Waals surface area contributed by atoms with E-state index in [-0.39, 0.29) is 11.9 Å². The molecule has 2 aliphatic rings. The van der Waals surface area contributed by atoms with Gasteiger partial charge in [-0.15, -0.1) is 0 Å². The Morgan fingerprint density at radius 3 is 3.05 bits per heavy atom. The molecule has 0 saturated carbocycles. The summed E-state index contributed by atoms with van der Waals surface area (Å²) in [6.07, 6.45) is 2.60. The average Bonchev–Trinajstić information content (AvgIpc) is 3.21. The Labute approximate surface area is 122 Å². The molecule has 4 rings (SSSR count). The lowest BCUT2D eigenvalue weighted by Crippen LogP contribution is -2.43. The van der Waals surface area contributed by atoms with Gasteiger partial charge in [0.1, 0.15) is 17.9 Å². The van der Waals surface area contributed by atoms with Gasteiger partial charge in [0.2, 0.25) is 0 Å². The number of carbonyl (C=O) groups excluding carboxylic acids is 1. The van der Waals surface area contributed by atoms with Gasteiger partial charge >= 0.3 is 0 Å². The first-order valence-corrected chi connectivity index (χ1v) is 7.19. The van der Waals surface area contributed by atoms with E-state index in [0.717, 1.165) is 25.0 Å². The lowest BCUT2D eigenvalue weighted by atomic mass is 9.99. The van der Waals surface area contributed by atoms with Crippen LogP contribution in [-0.4, -0.2) is 36.5 Å². The van der Waals surface area contributed by atoms with Gasteiger partial charge in [-0.1, -0.05) is 0 Å². The Hall–Kier alpha value is -2.32. The molecular weight excluding hydrogens is 266 g/mol. The predicted molar refractivity (Wildman–Crippen MR) is 76.7 cm³/mol. The van der Waals surface area contributed by atoms with Crippen LogP contribution < -0.4 is 5.32 Å². The first-order chi connectivity index (χ1) is 10.2. The highest BCUT2D eigenvalue weighted by Crippen LogP contribution is 2.28. The fourth-order valence-corrected chi connectivity index (χ4v) is 3.46. The number of hydrogen-bond acceptors (Lipinski definition) is 4. The molecule has 5 nitrogen and oxygen atoms in total. The Bertz CT molecular complexity index is 758. The second-order valence-electron chi connectivity index (χ2n) is 5.86. The highest BCUT2D eigenvalue weighted by molar-refractivity contribution is 5.98. The van der Waals surface area contributed by atoms with Crippen LogP contribution in [0.1, 0.15) is 22.3 Å². The molecule has 2 unspecified atom stereocenters. The summed E-state index contributed by atoms with van der Waals surface area (Å²) in [5.74, 6) is 0.525. The molecule has 0 aliphatic carbocycles. The van der Waals surface area contributed by atoms with Crippen LogP contribution in [0.4, 0.5) is 0 Å². The number of benzene rings is 1. The number of rotatable bonds is 2. The van der Waals surface area contributed by atoms with Gasteiger partial charge in [0.15, 0.2) is 0 Å². The van der Waals surface area contributed by atoms with E-state index in [2.05, 4.69) is 16.3 Å². The van der Waals surface area contributed by atoms with Gasteiger partial charge in [0.25, 0.3) is 5.91 Å². The van der Waals surface area contributed by atoms with Gasteiger partial charge in [-0.05, 0) is 37.1 Å². The number of fused-ring (bicyclic) bond motifs is 3. The average molecular weight is 281 g/mol. The molecule has 2 aromatic rings. The topological polar surface area (TPSA) is 69.3 Å². The van der Waals surface area contributed by atoms with Crippen LogP contribution in [0.2, 0.25) is 0 Å². The van der Waals surface area contributed by atoms with E-state index < -0.39 is 0 Å². The van der Waals surface area contributed by atoms with Gasteiger partial charge in [-0.3, -0.25) is 4.79 Å². The second kappa shape index (κ2) is 4.61. The Morgan fingerprint density at radius 1 is 1.43 bits per heavy atom. The maximum absolute atomic E-state index is 12.4. The van der Waals surface area contributed by atoms with Gasteiger partial charge < -0.3 is 14.6 Å². The lowest BCUT2D eigenvalue weighted by molar-refractivity contribution is 0.0924. The summed E-state index contributed by atoms with van der Waals surface area (Å²) in [6, 6.07) is 7.57. The molecule has 1 N–H and O–H groups in total. The number of furan rings is 1. The Kier molecular flexibility index (Phi) is 2.72. The van der Waals surface area contributed by atoms with E-state index in [9.17, 15) is 4.79 Å². The number of amides is 1. The molecule has 3 atom stereocenters. The minimum Gasteiger partial charge on any atom is -0.463 e. The van der Waals surface area contributed by atoms with Crippen LogP contribution in [0, 0.1) is 17.2 Å². The van der Waals surface area contributed by atoms with Crippen molar-refractivity contribution >= 4 is 16.9 Å². The molecule has 0 spiro atoms. The molecule has 3 heterocycles. The maximum Gasteiger partial charge on any atom is 0.251 e. The molecule has 1 aromatic heterocycles. The zero-order chi connectivity index (χ0) is 14.4. The zero-order valence-corrected chi connectivity index (χ0v) is 11.5. The Morgan fingerprint density at radius 2 is 2.33 bits per heavy atom. The number of hydrogen-bond donors (Lipinski definition) is 1. The molecule has 2 aliphatic heterocycles. The van der Waals surface area contributed by atoms with Crippen molar-refractivity contribution in [1.82, 2.24) is 10.2 Å². The monoisotopic (exact) mass is 281 g/mol. The van der Waals surface area contributed by atoms with E-state index in [4.69, 9.17) is 9.68 Å². The third-order valence-corrected chi connectivity index (χ3v) is 4.61. The van der Waals surface area contributed by atoms with E-state index in [1.54, 1.807) is 18.2 Å². The molecule has 5 heteroatoms. The highest BCUT2D eigenvalue weighted by Gasteiger charge is 2.38. The molecule has 2 bridgehead atoms. The Balaban J connectivity index is 1.55. The third-order valence-electron chi connectivity index (χ3n) is 4.61. The fourth-order valence-electron chi connectivity index (χ4n) is 3.46. The van der Waals surface area contributed by atoms with Crippen LogP contribution in [-0.2, 0) is 0 Å². The fraction of sp³-hybridized carbons (Fsp3) is 0.375. The summed E-state index contributed by atoms with van der Waals surface area (Å²) in [7, 11) is 0. The maximum atomic E-state index is 12.4. The summed E-state index contributed by atoms with van der Waals surface area (Å²) in [5.41, 5.74) is 1.66. The van der Waals surface area contributed by atoms with Crippen molar-refractivity contribution in [3.63, 3.8) is 0 Å². The minimum atomic E-state index is -0.0643. The first-order valence-electron chi connectivity index (χ1n) is 7.19. The second-order valence-corrected chi connectivity index (χ2v) is 5.86. The van der Waals surface area contributed by atoms with Crippen molar-refractivity contribution in [2.24, 2.45) is 5.92 Å². The number of nitrogens with zero attached hydrogens (tertiary/aromatic N) is 2. The molecule has 1 aromatic carbocycles. The predicted octanol–water partition coefficient (Wildman–Crippen LogP) is 1.74. The van der Waals surface area contributed by atoms with Crippen LogP contribution in [0.25, 0.3) is 11.0 Å². The standard InChI is InChI=1S/C16H15N3O2/c17-6-12-9-21-15-5-10(1-2-13(12)15)16(20)18-14-8-19-4-3-11(14)7-19/h1-2,5,9,11,14H,3-4,7-8H2,(H,18,20)/t11-,14?/m1/s1. The molecule has 1 amide bonds. The van der Waals surface area contributed by atoms with E-state index >= 15 is 0 Å². The molecular formula is C16H15N3O2. The van der Waals surface area contributed by atoms with Gasteiger partial charge in [0.05, 0.1) is 5.56 Å². The van der Waals surface area contributed by atoms with Crippen molar-refractivity contribution in [2.45, 2.75) is 12.5 Å². The number of nitriles is 1. The molecule has 2 fully saturated rings. The smallest absolute Gasteiger partial charge is 0.251 e. The summed E-state index contributed by atoms with van der Waals surface area (Å²) >= 11 is 0. The number of piperidine rings is 1. The summed E-state index contributed by atoms with van der Waals surface area (Å²) in [6.45, 7) is 3.22. The first kappa shape index (κ1) is 12.4. The van der Waals surface area contributed by atoms with Gasteiger partial charge in [0, 0.05) is 30.1 Å².